The van der Waals surface area contributed by atoms with Crippen LogP contribution in [-0.2, 0) is 4.79 Å². The maximum Gasteiger partial charge on any atom is 0.263 e. The Morgan fingerprint density at radius 1 is 1.29 bits per heavy atom. The number of aromatic nitrogens is 1. The molecule has 0 saturated carbocycles. The van der Waals surface area contributed by atoms with Crippen molar-refractivity contribution in [2.75, 3.05) is 11.9 Å². The van der Waals surface area contributed by atoms with Gasteiger partial charge in [0.15, 0.2) is 6.61 Å². The van der Waals surface area contributed by atoms with Crippen LogP contribution in [0.2, 0.25) is 0 Å². The van der Waals surface area contributed by atoms with E-state index in [-0.39, 0.29) is 12.5 Å². The van der Waals surface area contributed by atoms with Gasteiger partial charge in [-0.3, -0.25) is 9.59 Å². The Labute approximate surface area is 121 Å². The number of benzene rings is 1. The van der Waals surface area contributed by atoms with Crippen LogP contribution < -0.4 is 15.8 Å². The van der Waals surface area contributed by atoms with E-state index < -0.39 is 5.91 Å². The summed E-state index contributed by atoms with van der Waals surface area (Å²) in [7, 11) is 0. The van der Waals surface area contributed by atoms with Crippen LogP contribution in [0, 0.1) is 6.92 Å². The van der Waals surface area contributed by atoms with Crippen molar-refractivity contribution < 1.29 is 14.3 Å². The van der Waals surface area contributed by atoms with E-state index in [0.29, 0.717) is 17.1 Å². The number of nitrogens with one attached hydrogen (secondary N) is 1. The van der Waals surface area contributed by atoms with Crippen LogP contribution in [-0.4, -0.2) is 23.4 Å². The standard InChI is InChI=1S/C15H15N3O3/c1-10-5-6-13(17-8-10)18-14(19)9-21-12-4-2-3-11(7-12)15(16)20/h2-8H,9H2,1H3,(H2,16,20)(H,17,18,19). The van der Waals surface area contributed by atoms with E-state index in [1.54, 1.807) is 30.5 Å². The van der Waals surface area contributed by atoms with Crippen LogP contribution in [0.15, 0.2) is 42.6 Å². The molecule has 0 bridgehead atoms. The van der Waals surface area contributed by atoms with Gasteiger partial charge in [0.1, 0.15) is 11.6 Å². The number of amides is 2. The summed E-state index contributed by atoms with van der Waals surface area (Å²) in [5.74, 6) is -0.0250. The molecule has 108 valence electrons. The highest BCUT2D eigenvalue weighted by molar-refractivity contribution is 5.93. The number of rotatable bonds is 5. The molecule has 0 spiro atoms. The number of anilines is 1. The summed E-state index contributed by atoms with van der Waals surface area (Å²) >= 11 is 0. The van der Waals surface area contributed by atoms with Gasteiger partial charge in [-0.15, -0.1) is 0 Å². The van der Waals surface area contributed by atoms with E-state index in [1.165, 1.54) is 6.07 Å². The molecule has 0 saturated heterocycles. The molecule has 0 aliphatic carbocycles. The van der Waals surface area contributed by atoms with Gasteiger partial charge >= 0.3 is 0 Å². The first-order valence-electron chi connectivity index (χ1n) is 6.30. The number of hydrogen-bond donors (Lipinski definition) is 2. The second-order valence-electron chi connectivity index (χ2n) is 4.45. The molecule has 2 rings (SSSR count). The zero-order valence-electron chi connectivity index (χ0n) is 11.5. The highest BCUT2D eigenvalue weighted by Crippen LogP contribution is 2.13. The second-order valence-corrected chi connectivity index (χ2v) is 4.45. The SMILES string of the molecule is Cc1ccc(NC(=O)COc2cccc(C(N)=O)c2)nc1. The predicted molar refractivity (Wildman–Crippen MR) is 78.1 cm³/mol. The Morgan fingerprint density at radius 3 is 2.76 bits per heavy atom. The molecule has 0 aliphatic rings. The fourth-order valence-electron chi connectivity index (χ4n) is 1.61. The van der Waals surface area contributed by atoms with Gasteiger partial charge in [-0.2, -0.15) is 0 Å². The van der Waals surface area contributed by atoms with Crippen molar-refractivity contribution in [1.82, 2.24) is 4.98 Å². The van der Waals surface area contributed by atoms with E-state index in [1.807, 2.05) is 13.0 Å². The number of pyridine rings is 1. The number of hydrogen-bond acceptors (Lipinski definition) is 4. The van der Waals surface area contributed by atoms with Crippen molar-refractivity contribution >= 4 is 17.6 Å². The van der Waals surface area contributed by atoms with E-state index in [4.69, 9.17) is 10.5 Å². The Balaban J connectivity index is 1.90. The normalized spacial score (nSPS) is 9.95. The van der Waals surface area contributed by atoms with Gasteiger partial charge in [0.25, 0.3) is 5.91 Å². The van der Waals surface area contributed by atoms with E-state index >= 15 is 0 Å². The van der Waals surface area contributed by atoms with Crippen LogP contribution in [0.4, 0.5) is 5.82 Å². The molecule has 1 aromatic carbocycles. The Bertz CT molecular complexity index is 653. The lowest BCUT2D eigenvalue weighted by atomic mass is 10.2. The zero-order valence-corrected chi connectivity index (χ0v) is 11.5. The minimum Gasteiger partial charge on any atom is -0.484 e. The molecular formula is C15H15N3O3. The summed E-state index contributed by atoms with van der Waals surface area (Å²) in [5, 5.41) is 2.61. The molecule has 1 aromatic heterocycles. The Hall–Kier alpha value is -2.89. The van der Waals surface area contributed by atoms with Gasteiger partial charge in [0.2, 0.25) is 5.91 Å². The predicted octanol–water partition coefficient (Wildman–Crippen LogP) is 1.51. The molecule has 0 atom stereocenters. The number of ether oxygens (including phenoxy) is 1. The third-order valence-corrected chi connectivity index (χ3v) is 2.67. The summed E-state index contributed by atoms with van der Waals surface area (Å²) in [6, 6.07) is 9.89. The van der Waals surface area contributed by atoms with Crippen molar-refractivity contribution in [3.05, 3.63) is 53.7 Å². The van der Waals surface area contributed by atoms with Gasteiger partial charge < -0.3 is 15.8 Å². The molecule has 2 amide bonds. The summed E-state index contributed by atoms with van der Waals surface area (Å²) in [5.41, 5.74) is 6.50. The van der Waals surface area contributed by atoms with Crippen molar-refractivity contribution in [3.63, 3.8) is 0 Å². The van der Waals surface area contributed by atoms with Crippen molar-refractivity contribution in [1.29, 1.82) is 0 Å². The van der Waals surface area contributed by atoms with Crippen molar-refractivity contribution in [3.8, 4) is 5.75 Å². The maximum absolute atomic E-state index is 11.7. The average Bonchev–Trinajstić information content (AvgIpc) is 2.48. The number of nitrogens with zero attached hydrogens (tertiary/aromatic N) is 1. The molecule has 3 N–H and O–H groups in total. The fourth-order valence-corrected chi connectivity index (χ4v) is 1.61. The third kappa shape index (κ3) is 4.31. The number of carbonyl (C=O) groups is 2. The Kier molecular flexibility index (Phi) is 4.50. The van der Waals surface area contributed by atoms with E-state index in [2.05, 4.69) is 10.3 Å². The number of carbonyl (C=O) groups excluding carboxylic acids is 2. The molecule has 21 heavy (non-hydrogen) atoms. The first-order chi connectivity index (χ1) is 10.0. The van der Waals surface area contributed by atoms with E-state index in [9.17, 15) is 9.59 Å². The van der Waals surface area contributed by atoms with Gasteiger partial charge in [-0.25, -0.2) is 4.98 Å². The topological polar surface area (TPSA) is 94.3 Å². The number of aryl methyl sites for hydroxylation is 1. The fraction of sp³-hybridized carbons (Fsp3) is 0.133. The maximum atomic E-state index is 11.7. The number of primary amides is 1. The molecule has 2 aromatic rings. The van der Waals surface area contributed by atoms with Crippen molar-refractivity contribution in [2.24, 2.45) is 5.73 Å². The minimum absolute atomic E-state index is 0.183. The molecule has 0 radical (unpaired) electrons. The molecule has 1 heterocycles. The van der Waals surface area contributed by atoms with Crippen LogP contribution in [0.1, 0.15) is 15.9 Å². The van der Waals surface area contributed by atoms with Crippen LogP contribution >= 0.6 is 0 Å². The molecule has 0 aliphatic heterocycles. The van der Waals surface area contributed by atoms with Crippen LogP contribution in [0.25, 0.3) is 0 Å². The largest absolute Gasteiger partial charge is 0.484 e. The Morgan fingerprint density at radius 2 is 2.10 bits per heavy atom. The molecule has 0 unspecified atom stereocenters. The summed E-state index contributed by atoms with van der Waals surface area (Å²) in [4.78, 5) is 26.8. The lowest BCUT2D eigenvalue weighted by Crippen LogP contribution is -2.21. The molecule has 0 fully saturated rings. The first kappa shape index (κ1) is 14.5. The molecular weight excluding hydrogens is 270 g/mol. The van der Waals surface area contributed by atoms with Gasteiger partial charge in [-0.05, 0) is 36.8 Å². The summed E-state index contributed by atoms with van der Waals surface area (Å²) in [6.45, 7) is 1.73. The van der Waals surface area contributed by atoms with Crippen molar-refractivity contribution in [2.45, 2.75) is 6.92 Å². The van der Waals surface area contributed by atoms with E-state index in [0.717, 1.165) is 5.56 Å². The summed E-state index contributed by atoms with van der Waals surface area (Å²) < 4.78 is 5.31. The minimum atomic E-state index is -0.547. The van der Waals surface area contributed by atoms with Crippen LogP contribution in [0.3, 0.4) is 0 Å². The third-order valence-electron chi connectivity index (χ3n) is 2.67. The highest BCUT2D eigenvalue weighted by atomic mass is 16.5. The van der Waals surface area contributed by atoms with Gasteiger partial charge in [-0.1, -0.05) is 12.1 Å². The summed E-state index contributed by atoms with van der Waals surface area (Å²) in [6.07, 6.45) is 1.66. The first-order valence-corrected chi connectivity index (χ1v) is 6.30. The smallest absolute Gasteiger partial charge is 0.263 e. The zero-order chi connectivity index (χ0) is 15.2. The molecule has 6 nitrogen and oxygen atoms in total. The van der Waals surface area contributed by atoms with Gasteiger partial charge in [0.05, 0.1) is 0 Å². The number of nitrogens with two attached hydrogens (primary N) is 1. The van der Waals surface area contributed by atoms with Gasteiger partial charge in [0, 0.05) is 11.8 Å². The molecule has 6 heteroatoms. The lowest BCUT2D eigenvalue weighted by molar-refractivity contribution is -0.118. The highest BCUT2D eigenvalue weighted by Gasteiger charge is 2.06. The van der Waals surface area contributed by atoms with Crippen LogP contribution in [0.5, 0.6) is 5.75 Å². The second kappa shape index (κ2) is 6.51. The average molecular weight is 285 g/mol. The lowest BCUT2D eigenvalue weighted by Gasteiger charge is -2.07. The quantitative estimate of drug-likeness (QED) is 0.870. The monoisotopic (exact) mass is 285 g/mol.